The van der Waals surface area contributed by atoms with Gasteiger partial charge >= 0.3 is 6.03 Å². The SMILES string of the molecule is CNC(=O)c1ccc(-c2ccc(NC(=O)NCCc3cccnc3)cc2C#Cc2ccc(F)cc2)nc1N. The lowest BCUT2D eigenvalue weighted by atomic mass is 10.0. The van der Waals surface area contributed by atoms with Gasteiger partial charge in [0.25, 0.3) is 5.91 Å². The summed E-state index contributed by atoms with van der Waals surface area (Å²) in [6.45, 7) is 0.438. The highest BCUT2D eigenvalue weighted by atomic mass is 19.1. The Morgan fingerprint density at radius 2 is 1.84 bits per heavy atom. The Balaban J connectivity index is 1.58. The molecule has 9 heteroatoms. The molecule has 2 aromatic carbocycles. The Bertz CT molecular complexity index is 1510. The molecule has 2 aromatic heterocycles. The molecule has 0 fully saturated rings. The number of benzene rings is 2. The zero-order valence-corrected chi connectivity index (χ0v) is 20.6. The second-order valence-corrected chi connectivity index (χ2v) is 8.22. The highest BCUT2D eigenvalue weighted by molar-refractivity contribution is 5.98. The molecular weight excluding hydrogens is 483 g/mol. The van der Waals surface area contributed by atoms with Crippen LogP contribution in [0.1, 0.15) is 27.0 Å². The topological polar surface area (TPSA) is 122 Å². The molecule has 8 nitrogen and oxygen atoms in total. The Kier molecular flexibility index (Phi) is 8.26. The second-order valence-electron chi connectivity index (χ2n) is 8.22. The first-order valence-corrected chi connectivity index (χ1v) is 11.8. The lowest BCUT2D eigenvalue weighted by molar-refractivity contribution is 0.0963. The van der Waals surface area contributed by atoms with Crippen molar-refractivity contribution in [3.63, 3.8) is 0 Å². The summed E-state index contributed by atoms with van der Waals surface area (Å²) >= 11 is 0. The first kappa shape index (κ1) is 25.9. The van der Waals surface area contributed by atoms with Gasteiger partial charge in [-0.15, -0.1) is 0 Å². The number of rotatable bonds is 6. The van der Waals surface area contributed by atoms with Gasteiger partial charge in [-0.2, -0.15) is 0 Å². The molecule has 38 heavy (non-hydrogen) atoms. The molecule has 190 valence electrons. The minimum absolute atomic E-state index is 0.0782. The van der Waals surface area contributed by atoms with Crippen molar-refractivity contribution in [2.24, 2.45) is 0 Å². The van der Waals surface area contributed by atoms with E-state index in [1.54, 1.807) is 54.9 Å². The van der Waals surface area contributed by atoms with Crippen LogP contribution < -0.4 is 21.7 Å². The number of halogens is 1. The lowest BCUT2D eigenvalue weighted by Crippen LogP contribution is -2.30. The molecule has 0 radical (unpaired) electrons. The van der Waals surface area contributed by atoms with Crippen LogP contribution in [0.2, 0.25) is 0 Å². The van der Waals surface area contributed by atoms with E-state index in [4.69, 9.17) is 5.73 Å². The zero-order chi connectivity index (χ0) is 26.9. The second kappa shape index (κ2) is 12.1. The molecule has 4 rings (SSSR count). The normalized spacial score (nSPS) is 10.2. The van der Waals surface area contributed by atoms with Gasteiger partial charge < -0.3 is 21.7 Å². The number of anilines is 2. The summed E-state index contributed by atoms with van der Waals surface area (Å²) in [6.07, 6.45) is 4.10. The largest absolute Gasteiger partial charge is 0.383 e. The summed E-state index contributed by atoms with van der Waals surface area (Å²) < 4.78 is 13.3. The van der Waals surface area contributed by atoms with Crippen LogP contribution in [0.4, 0.5) is 20.7 Å². The maximum absolute atomic E-state index is 13.3. The molecule has 0 spiro atoms. The van der Waals surface area contributed by atoms with Crippen molar-refractivity contribution in [2.75, 3.05) is 24.6 Å². The fraction of sp³-hybridized carbons (Fsp3) is 0.103. The van der Waals surface area contributed by atoms with E-state index in [0.29, 0.717) is 41.0 Å². The summed E-state index contributed by atoms with van der Waals surface area (Å²) in [7, 11) is 1.51. The van der Waals surface area contributed by atoms with Gasteiger partial charge in [0.1, 0.15) is 11.6 Å². The van der Waals surface area contributed by atoms with Gasteiger partial charge in [0.15, 0.2) is 0 Å². The number of hydrogen-bond acceptors (Lipinski definition) is 5. The molecule has 0 bridgehead atoms. The van der Waals surface area contributed by atoms with Gasteiger partial charge in [-0.1, -0.05) is 17.9 Å². The number of aromatic nitrogens is 2. The molecule has 0 atom stereocenters. The third-order valence-electron chi connectivity index (χ3n) is 5.56. The van der Waals surface area contributed by atoms with Crippen molar-refractivity contribution in [2.45, 2.75) is 6.42 Å². The number of nitrogens with zero attached hydrogens (tertiary/aromatic N) is 2. The van der Waals surface area contributed by atoms with Gasteiger partial charge in [-0.25, -0.2) is 14.2 Å². The molecule has 0 saturated heterocycles. The highest BCUT2D eigenvalue weighted by Gasteiger charge is 2.13. The molecule has 0 unspecified atom stereocenters. The van der Waals surface area contributed by atoms with E-state index in [1.807, 2.05) is 12.1 Å². The van der Waals surface area contributed by atoms with Gasteiger partial charge in [-0.3, -0.25) is 9.78 Å². The fourth-order valence-electron chi connectivity index (χ4n) is 3.61. The summed E-state index contributed by atoms with van der Waals surface area (Å²) in [6, 6.07) is 17.7. The van der Waals surface area contributed by atoms with E-state index in [9.17, 15) is 14.0 Å². The number of hydrogen-bond donors (Lipinski definition) is 4. The summed E-state index contributed by atoms with van der Waals surface area (Å²) in [5.74, 6) is 5.48. The molecule has 5 N–H and O–H groups in total. The molecule has 0 aliphatic rings. The molecule has 2 heterocycles. The maximum Gasteiger partial charge on any atom is 0.319 e. The molecule has 0 saturated carbocycles. The van der Waals surface area contributed by atoms with E-state index < -0.39 is 0 Å². The molecule has 0 aliphatic heterocycles. The average Bonchev–Trinajstić information content (AvgIpc) is 2.93. The number of urea groups is 1. The highest BCUT2D eigenvalue weighted by Crippen LogP contribution is 2.27. The van der Waals surface area contributed by atoms with Crippen LogP contribution in [0.25, 0.3) is 11.3 Å². The van der Waals surface area contributed by atoms with Crippen LogP contribution >= 0.6 is 0 Å². The number of nitrogen functional groups attached to an aromatic ring is 1. The van der Waals surface area contributed by atoms with E-state index in [2.05, 4.69) is 37.8 Å². The van der Waals surface area contributed by atoms with Crippen LogP contribution in [0.3, 0.4) is 0 Å². The zero-order valence-electron chi connectivity index (χ0n) is 20.6. The Morgan fingerprint density at radius 3 is 2.55 bits per heavy atom. The van der Waals surface area contributed by atoms with E-state index in [0.717, 1.165) is 5.56 Å². The minimum Gasteiger partial charge on any atom is -0.383 e. The number of pyridine rings is 2. The molecule has 3 amide bonds. The number of nitrogens with two attached hydrogens (primary N) is 1. The first-order valence-electron chi connectivity index (χ1n) is 11.8. The summed E-state index contributed by atoms with van der Waals surface area (Å²) in [5, 5.41) is 8.16. The third-order valence-corrected chi connectivity index (χ3v) is 5.56. The Labute approximate surface area is 219 Å². The van der Waals surface area contributed by atoms with Crippen LogP contribution in [0, 0.1) is 17.7 Å². The van der Waals surface area contributed by atoms with Gasteiger partial charge in [0.05, 0.1) is 11.3 Å². The monoisotopic (exact) mass is 508 g/mol. The summed E-state index contributed by atoms with van der Waals surface area (Å²) in [5.41, 5.74) is 10.2. The lowest BCUT2D eigenvalue weighted by Gasteiger charge is -2.11. The van der Waals surface area contributed by atoms with Crippen LogP contribution in [-0.2, 0) is 6.42 Å². The summed E-state index contributed by atoms with van der Waals surface area (Å²) in [4.78, 5) is 32.9. The van der Waals surface area contributed by atoms with Crippen LogP contribution in [0.5, 0.6) is 0 Å². The van der Waals surface area contributed by atoms with Crippen molar-refractivity contribution in [3.8, 4) is 23.1 Å². The number of carbonyl (C=O) groups excluding carboxylic acids is 2. The fourth-order valence-corrected chi connectivity index (χ4v) is 3.61. The Hall–Kier alpha value is -5.23. The standard InChI is InChI=1S/C29H25FN6O2/c1-32-28(37)25-12-13-26(36-27(25)31)24-11-10-23(17-21(24)7-4-19-5-8-22(30)9-6-19)35-29(38)34-16-14-20-3-2-15-33-18-20/h2-3,5-6,8-13,15,17-18H,14,16H2,1H3,(H2,31,36)(H,32,37)(H2,34,35,38). The van der Waals surface area contributed by atoms with Crippen molar-refractivity contribution in [3.05, 3.63) is 107 Å². The van der Waals surface area contributed by atoms with E-state index in [-0.39, 0.29) is 29.1 Å². The van der Waals surface area contributed by atoms with Gasteiger partial charge in [0, 0.05) is 48.4 Å². The maximum atomic E-state index is 13.3. The quantitative estimate of drug-likeness (QED) is 0.294. The van der Waals surface area contributed by atoms with Crippen molar-refractivity contribution >= 4 is 23.4 Å². The van der Waals surface area contributed by atoms with Crippen LogP contribution in [-0.4, -0.2) is 35.5 Å². The third kappa shape index (κ3) is 6.71. The number of amides is 3. The van der Waals surface area contributed by atoms with Crippen molar-refractivity contribution < 1.29 is 14.0 Å². The first-order chi connectivity index (χ1) is 18.4. The predicted molar refractivity (Wildman–Crippen MR) is 145 cm³/mol. The molecular formula is C29H25FN6O2. The van der Waals surface area contributed by atoms with E-state index >= 15 is 0 Å². The number of carbonyl (C=O) groups is 2. The Morgan fingerprint density at radius 1 is 1.03 bits per heavy atom. The average molecular weight is 509 g/mol. The van der Waals surface area contributed by atoms with Gasteiger partial charge in [0.2, 0.25) is 0 Å². The van der Waals surface area contributed by atoms with Crippen molar-refractivity contribution in [1.82, 2.24) is 20.6 Å². The molecule has 4 aromatic rings. The number of nitrogens with one attached hydrogen (secondary N) is 3. The minimum atomic E-state index is -0.364. The van der Waals surface area contributed by atoms with Crippen LogP contribution in [0.15, 0.2) is 79.1 Å². The van der Waals surface area contributed by atoms with Crippen molar-refractivity contribution in [1.29, 1.82) is 0 Å². The molecule has 0 aliphatic carbocycles. The smallest absolute Gasteiger partial charge is 0.319 e. The van der Waals surface area contributed by atoms with Gasteiger partial charge in [-0.05, 0) is 72.6 Å². The predicted octanol–water partition coefficient (Wildman–Crippen LogP) is 3.99. The van der Waals surface area contributed by atoms with E-state index in [1.165, 1.54) is 19.2 Å².